The quantitative estimate of drug-likeness (QED) is 0.448. The Kier molecular flexibility index (Phi) is 3.68. The number of fused-ring (bicyclic) bond motifs is 2. The second kappa shape index (κ2) is 6.53. The first-order valence-corrected chi connectivity index (χ1v) is 10.1. The lowest BCUT2D eigenvalue weighted by molar-refractivity contribution is 1.10. The zero-order chi connectivity index (χ0) is 20.1. The summed E-state index contributed by atoms with van der Waals surface area (Å²) in [5, 5.41) is 7.50. The van der Waals surface area contributed by atoms with Crippen molar-refractivity contribution in [1.82, 2.24) is 40.1 Å². The van der Waals surface area contributed by atoms with Gasteiger partial charge in [0.15, 0.2) is 11.5 Å². The highest BCUT2D eigenvalue weighted by molar-refractivity contribution is 7.15. The van der Waals surface area contributed by atoms with Crippen LogP contribution in [0, 0.1) is 6.92 Å². The average molecular weight is 410 g/mol. The second-order valence-electron chi connectivity index (χ2n) is 6.81. The minimum atomic E-state index is 0.641. The van der Waals surface area contributed by atoms with Crippen molar-refractivity contribution in [2.75, 3.05) is 0 Å². The molecular formula is C21H14N8S. The van der Waals surface area contributed by atoms with E-state index in [1.54, 1.807) is 36.1 Å². The molecule has 0 atom stereocenters. The van der Waals surface area contributed by atoms with E-state index in [9.17, 15) is 0 Å². The van der Waals surface area contributed by atoms with Crippen molar-refractivity contribution in [2.45, 2.75) is 6.92 Å². The van der Waals surface area contributed by atoms with E-state index in [-0.39, 0.29) is 0 Å². The highest BCUT2D eigenvalue weighted by Gasteiger charge is 2.18. The number of aromatic amines is 2. The Balaban J connectivity index is 1.52. The number of hydrogen-bond acceptors (Lipinski definition) is 7. The molecule has 0 aliphatic carbocycles. The first-order valence-electron chi connectivity index (χ1n) is 9.30. The van der Waals surface area contributed by atoms with Crippen molar-refractivity contribution in [3.63, 3.8) is 0 Å². The lowest BCUT2D eigenvalue weighted by atomic mass is 10.2. The number of thiophene rings is 1. The van der Waals surface area contributed by atoms with Crippen LogP contribution in [0.1, 0.15) is 4.88 Å². The van der Waals surface area contributed by atoms with Gasteiger partial charge in [0.25, 0.3) is 0 Å². The van der Waals surface area contributed by atoms with E-state index in [4.69, 9.17) is 9.97 Å². The smallest absolute Gasteiger partial charge is 0.161 e. The minimum absolute atomic E-state index is 0.641. The molecule has 0 amide bonds. The van der Waals surface area contributed by atoms with Gasteiger partial charge in [0, 0.05) is 23.5 Å². The molecule has 0 aromatic carbocycles. The molecule has 6 aromatic rings. The molecule has 9 heteroatoms. The summed E-state index contributed by atoms with van der Waals surface area (Å²) in [6.07, 6.45) is 6.77. The zero-order valence-electron chi connectivity index (χ0n) is 15.8. The highest BCUT2D eigenvalue weighted by atomic mass is 32.1. The summed E-state index contributed by atoms with van der Waals surface area (Å²) in [5.41, 5.74) is 6.21. The van der Waals surface area contributed by atoms with Crippen LogP contribution in [-0.4, -0.2) is 40.1 Å². The van der Waals surface area contributed by atoms with Gasteiger partial charge in [0.2, 0.25) is 0 Å². The van der Waals surface area contributed by atoms with Crippen molar-refractivity contribution < 1.29 is 0 Å². The number of nitrogens with one attached hydrogen (secondary N) is 2. The molecule has 0 saturated heterocycles. The van der Waals surface area contributed by atoms with Crippen LogP contribution >= 0.6 is 11.3 Å². The van der Waals surface area contributed by atoms with Crippen LogP contribution in [0.3, 0.4) is 0 Å². The minimum Gasteiger partial charge on any atom is -0.336 e. The molecule has 0 aliphatic rings. The maximum absolute atomic E-state index is 4.83. The molecule has 6 aromatic heterocycles. The molecule has 2 N–H and O–H groups in total. The SMILES string of the molecule is Cc1ccc(-c2nccc3[nH]c(-c4n[nH]c5ccc(-c6cnccn6)nc45)nc23)s1. The predicted octanol–water partition coefficient (Wildman–Crippen LogP) is 4.39. The first kappa shape index (κ1) is 16.9. The Bertz CT molecular complexity index is 1510. The summed E-state index contributed by atoms with van der Waals surface area (Å²) in [5.74, 6) is 0.641. The average Bonchev–Trinajstić information content (AvgIpc) is 3.51. The second-order valence-corrected chi connectivity index (χ2v) is 8.09. The Morgan fingerprint density at radius 2 is 1.73 bits per heavy atom. The molecule has 0 spiro atoms. The summed E-state index contributed by atoms with van der Waals surface area (Å²) in [4.78, 5) is 28.3. The fourth-order valence-electron chi connectivity index (χ4n) is 3.43. The fraction of sp³-hybridized carbons (Fsp3) is 0.0476. The topological polar surface area (TPSA) is 109 Å². The van der Waals surface area contributed by atoms with E-state index in [0.717, 1.165) is 38.3 Å². The van der Waals surface area contributed by atoms with E-state index >= 15 is 0 Å². The van der Waals surface area contributed by atoms with Crippen LogP contribution in [0.2, 0.25) is 0 Å². The van der Waals surface area contributed by atoms with Crippen LogP contribution < -0.4 is 0 Å². The molecular weight excluding hydrogens is 396 g/mol. The molecule has 144 valence electrons. The van der Waals surface area contributed by atoms with Crippen LogP contribution in [0.4, 0.5) is 0 Å². The van der Waals surface area contributed by atoms with Crippen LogP contribution in [0.15, 0.2) is 55.1 Å². The van der Waals surface area contributed by atoms with Gasteiger partial charge in [0.1, 0.15) is 22.4 Å². The Morgan fingerprint density at radius 3 is 2.57 bits per heavy atom. The van der Waals surface area contributed by atoms with Gasteiger partial charge in [-0.2, -0.15) is 5.10 Å². The molecule has 8 nitrogen and oxygen atoms in total. The summed E-state index contributed by atoms with van der Waals surface area (Å²) < 4.78 is 0. The van der Waals surface area contributed by atoms with Crippen molar-refractivity contribution in [1.29, 1.82) is 0 Å². The Hall–Kier alpha value is -3.98. The van der Waals surface area contributed by atoms with Crippen molar-refractivity contribution in [2.24, 2.45) is 0 Å². The molecule has 0 radical (unpaired) electrons. The maximum atomic E-state index is 4.83. The van der Waals surface area contributed by atoms with E-state index in [0.29, 0.717) is 17.2 Å². The zero-order valence-corrected chi connectivity index (χ0v) is 16.6. The predicted molar refractivity (Wildman–Crippen MR) is 116 cm³/mol. The van der Waals surface area contributed by atoms with Gasteiger partial charge in [-0.05, 0) is 37.3 Å². The number of nitrogens with zero attached hydrogens (tertiary/aromatic N) is 6. The number of pyridine rings is 2. The third-order valence-corrected chi connectivity index (χ3v) is 5.84. The molecule has 0 unspecified atom stereocenters. The number of aromatic nitrogens is 8. The fourth-order valence-corrected chi connectivity index (χ4v) is 4.29. The van der Waals surface area contributed by atoms with Gasteiger partial charge >= 0.3 is 0 Å². The monoisotopic (exact) mass is 410 g/mol. The summed E-state index contributed by atoms with van der Waals surface area (Å²) in [7, 11) is 0. The van der Waals surface area contributed by atoms with Crippen molar-refractivity contribution in [3.8, 4) is 33.5 Å². The lowest BCUT2D eigenvalue weighted by Crippen LogP contribution is -1.89. The molecule has 6 rings (SSSR count). The molecule has 0 saturated carbocycles. The highest BCUT2D eigenvalue weighted by Crippen LogP contribution is 2.33. The van der Waals surface area contributed by atoms with Gasteiger partial charge in [-0.15, -0.1) is 11.3 Å². The van der Waals surface area contributed by atoms with Gasteiger partial charge in [0.05, 0.1) is 27.8 Å². The van der Waals surface area contributed by atoms with Gasteiger partial charge in [-0.1, -0.05) is 0 Å². The van der Waals surface area contributed by atoms with Crippen molar-refractivity contribution >= 4 is 33.4 Å². The molecule has 30 heavy (non-hydrogen) atoms. The third kappa shape index (κ3) is 2.67. The molecule has 0 fully saturated rings. The van der Waals surface area contributed by atoms with Crippen molar-refractivity contribution in [3.05, 3.63) is 60.0 Å². The van der Waals surface area contributed by atoms with Crippen LogP contribution in [0.25, 0.3) is 55.5 Å². The van der Waals surface area contributed by atoms with Crippen LogP contribution in [0.5, 0.6) is 0 Å². The molecule has 0 aliphatic heterocycles. The Morgan fingerprint density at radius 1 is 0.800 bits per heavy atom. The molecule has 6 heterocycles. The van der Waals surface area contributed by atoms with Gasteiger partial charge in [-0.25, -0.2) is 9.97 Å². The number of rotatable bonds is 3. The number of H-pyrrole nitrogens is 2. The molecule has 0 bridgehead atoms. The normalized spacial score (nSPS) is 11.5. The number of imidazole rings is 1. The van der Waals surface area contributed by atoms with Gasteiger partial charge in [-0.3, -0.25) is 20.1 Å². The Labute approximate surface area is 174 Å². The summed E-state index contributed by atoms with van der Waals surface area (Å²) in [6, 6.07) is 9.92. The van der Waals surface area contributed by atoms with E-state index in [1.165, 1.54) is 4.88 Å². The standard InChI is InChI=1S/C21H14N8S/c1-11-2-5-16(30-11)19-17-13(6-7-24-19)26-21(27-17)20-18-14(28-29-20)4-3-12(25-18)15-10-22-8-9-23-15/h2-10H,1H3,(H,26,27)(H,28,29). The number of aryl methyl sites for hydroxylation is 1. The first-order chi connectivity index (χ1) is 14.8. The summed E-state index contributed by atoms with van der Waals surface area (Å²) >= 11 is 1.70. The largest absolute Gasteiger partial charge is 0.336 e. The number of hydrogen-bond donors (Lipinski definition) is 2. The van der Waals surface area contributed by atoms with Gasteiger partial charge < -0.3 is 4.98 Å². The maximum Gasteiger partial charge on any atom is 0.161 e. The van der Waals surface area contributed by atoms with Crippen LogP contribution in [-0.2, 0) is 0 Å². The summed E-state index contributed by atoms with van der Waals surface area (Å²) in [6.45, 7) is 2.08. The van der Waals surface area contributed by atoms with E-state index in [1.807, 2.05) is 18.2 Å². The third-order valence-electron chi connectivity index (χ3n) is 4.83. The van der Waals surface area contributed by atoms with E-state index < -0.39 is 0 Å². The van der Waals surface area contributed by atoms with E-state index in [2.05, 4.69) is 49.2 Å². The lowest BCUT2D eigenvalue weighted by Gasteiger charge is -1.99.